The maximum atomic E-state index is 12.6. The Morgan fingerprint density at radius 3 is 3.00 bits per heavy atom. The number of carbonyl (C=O) groups excluding carboxylic acids is 1. The predicted molar refractivity (Wildman–Crippen MR) is 61.2 cm³/mol. The number of nitrogens with two attached hydrogens (primary N) is 1. The first-order valence-electron chi connectivity index (χ1n) is 5.22. The number of pyridine rings is 1. The van der Waals surface area contributed by atoms with E-state index in [0.29, 0.717) is 13.1 Å². The van der Waals surface area contributed by atoms with Gasteiger partial charge in [-0.15, -0.1) is 5.10 Å². The Hall–Kier alpha value is -2.35. The molecule has 8 heteroatoms. The van der Waals surface area contributed by atoms with Crippen molar-refractivity contribution in [2.24, 2.45) is 5.73 Å². The normalized spacial score (nSPS) is 10.3. The van der Waals surface area contributed by atoms with Crippen LogP contribution in [0.3, 0.4) is 0 Å². The third-order valence-electron chi connectivity index (χ3n) is 2.10. The number of hydrogen-bond donors (Lipinski definition) is 2. The van der Waals surface area contributed by atoms with Crippen LogP contribution in [0.5, 0.6) is 0 Å². The van der Waals surface area contributed by atoms with Gasteiger partial charge in [0.05, 0.1) is 18.9 Å². The number of halogens is 1. The van der Waals surface area contributed by atoms with Crippen molar-refractivity contribution in [2.75, 3.05) is 11.9 Å². The number of aromatic nitrogens is 4. The van der Waals surface area contributed by atoms with Crippen LogP contribution in [0.25, 0.3) is 0 Å². The molecule has 0 atom stereocenters. The molecule has 0 aliphatic carbocycles. The van der Waals surface area contributed by atoms with Crippen LogP contribution in [0.2, 0.25) is 0 Å². The van der Waals surface area contributed by atoms with Crippen molar-refractivity contribution in [1.82, 2.24) is 20.0 Å². The monoisotopic (exact) mass is 250 g/mol. The maximum Gasteiger partial charge on any atom is 0.278 e. The van der Waals surface area contributed by atoms with E-state index < -0.39 is 11.7 Å². The highest BCUT2D eigenvalue weighted by Gasteiger charge is 2.11. The van der Waals surface area contributed by atoms with Gasteiger partial charge in [-0.25, -0.2) is 9.37 Å². The molecule has 2 aromatic rings. The first-order chi connectivity index (χ1) is 8.69. The van der Waals surface area contributed by atoms with Crippen LogP contribution in [0, 0.1) is 5.82 Å². The van der Waals surface area contributed by atoms with Crippen molar-refractivity contribution in [3.63, 3.8) is 0 Å². The van der Waals surface area contributed by atoms with E-state index in [9.17, 15) is 9.18 Å². The summed E-state index contributed by atoms with van der Waals surface area (Å²) in [4.78, 5) is 15.4. The Bertz CT molecular complexity index is 538. The lowest BCUT2D eigenvalue weighted by Crippen LogP contribution is -2.13. The molecule has 0 spiro atoms. The molecule has 18 heavy (non-hydrogen) atoms. The van der Waals surface area contributed by atoms with E-state index >= 15 is 0 Å². The largest absolute Gasteiger partial charge is 0.329 e. The van der Waals surface area contributed by atoms with E-state index in [1.54, 1.807) is 0 Å². The fourth-order valence-electron chi connectivity index (χ4n) is 1.27. The average Bonchev–Trinajstić information content (AvgIpc) is 2.81. The summed E-state index contributed by atoms with van der Waals surface area (Å²) in [5, 5.41) is 9.90. The van der Waals surface area contributed by atoms with Gasteiger partial charge in [-0.1, -0.05) is 5.21 Å². The van der Waals surface area contributed by atoms with Crippen LogP contribution in [0.15, 0.2) is 24.5 Å². The van der Waals surface area contributed by atoms with Crippen molar-refractivity contribution in [3.8, 4) is 0 Å². The second kappa shape index (κ2) is 5.32. The fraction of sp³-hybridized carbons (Fsp3) is 0.200. The van der Waals surface area contributed by atoms with Gasteiger partial charge in [0, 0.05) is 6.54 Å². The molecule has 0 saturated heterocycles. The number of anilines is 1. The van der Waals surface area contributed by atoms with Gasteiger partial charge >= 0.3 is 0 Å². The zero-order chi connectivity index (χ0) is 13.0. The molecule has 2 heterocycles. The maximum absolute atomic E-state index is 12.6. The molecular weight excluding hydrogens is 239 g/mol. The zero-order valence-electron chi connectivity index (χ0n) is 9.38. The number of rotatable bonds is 4. The molecule has 0 aliphatic rings. The lowest BCUT2D eigenvalue weighted by Gasteiger charge is -2.00. The number of nitrogens with zero attached hydrogens (tertiary/aromatic N) is 4. The van der Waals surface area contributed by atoms with E-state index in [0.717, 1.165) is 6.20 Å². The second-order valence-corrected chi connectivity index (χ2v) is 3.47. The van der Waals surface area contributed by atoms with Gasteiger partial charge in [0.2, 0.25) is 0 Å². The minimum Gasteiger partial charge on any atom is -0.329 e. The van der Waals surface area contributed by atoms with Gasteiger partial charge in [-0.2, -0.15) is 0 Å². The van der Waals surface area contributed by atoms with Crippen LogP contribution < -0.4 is 11.1 Å². The van der Waals surface area contributed by atoms with Gasteiger partial charge in [0.1, 0.15) is 11.6 Å². The average molecular weight is 250 g/mol. The summed E-state index contributed by atoms with van der Waals surface area (Å²) in [5.74, 6) is -0.686. The molecule has 0 radical (unpaired) electrons. The first-order valence-corrected chi connectivity index (χ1v) is 5.22. The zero-order valence-corrected chi connectivity index (χ0v) is 9.38. The third kappa shape index (κ3) is 2.86. The summed E-state index contributed by atoms with van der Waals surface area (Å²) in [6.07, 6.45) is 2.49. The third-order valence-corrected chi connectivity index (χ3v) is 2.10. The summed E-state index contributed by atoms with van der Waals surface area (Å²) in [7, 11) is 0. The number of amides is 1. The Morgan fingerprint density at radius 1 is 1.50 bits per heavy atom. The minimum absolute atomic E-state index is 0.148. The lowest BCUT2D eigenvalue weighted by molar-refractivity contribution is 0.102. The van der Waals surface area contributed by atoms with Crippen molar-refractivity contribution in [1.29, 1.82) is 0 Å². The van der Waals surface area contributed by atoms with Crippen molar-refractivity contribution < 1.29 is 9.18 Å². The van der Waals surface area contributed by atoms with Crippen molar-refractivity contribution >= 4 is 11.7 Å². The van der Waals surface area contributed by atoms with Gasteiger partial charge in [0.15, 0.2) is 5.69 Å². The standard InChI is InChI=1S/C10H11FN6O/c11-7-1-2-9(13-5-7)14-10(18)8-6-17(4-3-12)16-15-8/h1-2,5-6H,3-4,12H2,(H,13,14,18). The smallest absolute Gasteiger partial charge is 0.278 e. The van der Waals surface area contributed by atoms with Crippen LogP contribution in [0.1, 0.15) is 10.5 Å². The molecule has 0 bridgehead atoms. The molecule has 0 fully saturated rings. The number of hydrogen-bond acceptors (Lipinski definition) is 5. The first kappa shape index (κ1) is 12.1. The molecule has 94 valence electrons. The molecule has 2 rings (SSSR count). The molecule has 0 aliphatic heterocycles. The van der Waals surface area contributed by atoms with E-state index in [1.165, 1.54) is 23.0 Å². The van der Waals surface area contributed by atoms with Gasteiger partial charge < -0.3 is 11.1 Å². The molecule has 2 aromatic heterocycles. The summed E-state index contributed by atoms with van der Waals surface area (Å²) < 4.78 is 14.1. The number of nitrogens with one attached hydrogen (secondary N) is 1. The Morgan fingerprint density at radius 2 is 2.33 bits per heavy atom. The van der Waals surface area contributed by atoms with Gasteiger partial charge in [-0.3, -0.25) is 9.48 Å². The Balaban J connectivity index is 2.04. The summed E-state index contributed by atoms with van der Waals surface area (Å²) >= 11 is 0. The lowest BCUT2D eigenvalue weighted by atomic mass is 10.4. The van der Waals surface area contributed by atoms with Gasteiger partial charge in [0.25, 0.3) is 5.91 Å². The topological polar surface area (TPSA) is 98.7 Å². The van der Waals surface area contributed by atoms with Gasteiger partial charge in [-0.05, 0) is 12.1 Å². The molecule has 3 N–H and O–H groups in total. The highest BCUT2D eigenvalue weighted by Crippen LogP contribution is 2.05. The Labute approximate surface area is 102 Å². The second-order valence-electron chi connectivity index (χ2n) is 3.47. The van der Waals surface area contributed by atoms with E-state index in [1.807, 2.05) is 0 Å². The highest BCUT2D eigenvalue weighted by molar-refractivity contribution is 6.01. The number of carbonyl (C=O) groups is 1. The van der Waals surface area contributed by atoms with Crippen molar-refractivity contribution in [3.05, 3.63) is 36.0 Å². The van der Waals surface area contributed by atoms with Crippen LogP contribution >= 0.6 is 0 Å². The Kier molecular flexibility index (Phi) is 3.58. The minimum atomic E-state index is -0.470. The molecule has 0 saturated carbocycles. The van der Waals surface area contributed by atoms with E-state index in [-0.39, 0.29) is 11.5 Å². The fourth-order valence-corrected chi connectivity index (χ4v) is 1.27. The quantitative estimate of drug-likeness (QED) is 0.797. The summed E-state index contributed by atoms with van der Waals surface area (Å²) in [6.45, 7) is 0.888. The van der Waals surface area contributed by atoms with E-state index in [2.05, 4.69) is 20.6 Å². The van der Waals surface area contributed by atoms with Crippen molar-refractivity contribution in [2.45, 2.75) is 6.54 Å². The van der Waals surface area contributed by atoms with Crippen LogP contribution in [-0.4, -0.2) is 32.4 Å². The van der Waals surface area contributed by atoms with E-state index in [4.69, 9.17) is 5.73 Å². The van der Waals surface area contributed by atoms with Crippen LogP contribution in [0.4, 0.5) is 10.2 Å². The highest BCUT2D eigenvalue weighted by atomic mass is 19.1. The summed E-state index contributed by atoms with van der Waals surface area (Å²) in [6, 6.07) is 2.56. The molecule has 1 amide bonds. The van der Waals surface area contributed by atoms with Crippen LogP contribution in [-0.2, 0) is 6.54 Å². The molecular formula is C10H11FN6O. The summed E-state index contributed by atoms with van der Waals surface area (Å²) in [5.41, 5.74) is 5.50. The molecule has 7 nitrogen and oxygen atoms in total. The molecule has 0 aromatic carbocycles. The SMILES string of the molecule is NCCn1cc(C(=O)Nc2ccc(F)cn2)nn1. The molecule has 0 unspecified atom stereocenters. The predicted octanol–water partition coefficient (Wildman–Crippen LogP) is 0.0232.